The van der Waals surface area contributed by atoms with E-state index in [2.05, 4.69) is 5.32 Å². The molecule has 0 bridgehead atoms. The molecular weight excluding hydrogens is 216 g/mol. The van der Waals surface area contributed by atoms with E-state index in [1.165, 1.54) is 0 Å². The Labute approximate surface area is 100 Å². The number of rotatable bonds is 4. The standard InChI is InChI=1S/C13H14N2O2/c1-3-12(16)9(2)15-13(17)11-6-4-10(8-14)5-7-11/h4-7,9H,3H2,1-2H3,(H,15,17). The Hall–Kier alpha value is -2.15. The summed E-state index contributed by atoms with van der Waals surface area (Å²) in [6.45, 7) is 3.42. The normalized spacial score (nSPS) is 11.4. The number of carbonyl (C=O) groups excluding carboxylic acids is 2. The van der Waals surface area contributed by atoms with Gasteiger partial charge in [0.2, 0.25) is 0 Å². The molecule has 0 saturated heterocycles. The van der Waals surface area contributed by atoms with Crippen molar-refractivity contribution in [1.29, 1.82) is 5.26 Å². The van der Waals surface area contributed by atoms with Gasteiger partial charge in [0.05, 0.1) is 17.7 Å². The second kappa shape index (κ2) is 5.80. The zero-order valence-electron chi connectivity index (χ0n) is 9.86. The van der Waals surface area contributed by atoms with Gasteiger partial charge in [-0.3, -0.25) is 9.59 Å². The summed E-state index contributed by atoms with van der Waals surface area (Å²) in [5, 5.41) is 11.2. The molecule has 1 rings (SSSR count). The van der Waals surface area contributed by atoms with Crippen molar-refractivity contribution < 1.29 is 9.59 Å². The molecule has 1 amide bonds. The first-order chi connectivity index (χ1) is 8.08. The minimum atomic E-state index is -0.483. The fourth-order valence-electron chi connectivity index (χ4n) is 1.36. The molecule has 0 aliphatic carbocycles. The zero-order chi connectivity index (χ0) is 12.8. The Bertz CT molecular complexity index is 457. The Morgan fingerprint density at radius 3 is 2.41 bits per heavy atom. The lowest BCUT2D eigenvalue weighted by Gasteiger charge is -2.11. The SMILES string of the molecule is CCC(=O)C(C)NC(=O)c1ccc(C#N)cc1. The van der Waals surface area contributed by atoms with Gasteiger partial charge in [0, 0.05) is 12.0 Å². The third-order valence-corrected chi connectivity index (χ3v) is 2.46. The van der Waals surface area contributed by atoms with Crippen LogP contribution in [0, 0.1) is 11.3 Å². The van der Waals surface area contributed by atoms with Crippen LogP contribution in [0.2, 0.25) is 0 Å². The van der Waals surface area contributed by atoms with Gasteiger partial charge in [-0.2, -0.15) is 5.26 Å². The van der Waals surface area contributed by atoms with Gasteiger partial charge < -0.3 is 5.32 Å². The highest BCUT2D eigenvalue weighted by molar-refractivity contribution is 5.97. The molecular formula is C13H14N2O2. The van der Waals surface area contributed by atoms with Crippen molar-refractivity contribution in [2.75, 3.05) is 0 Å². The summed E-state index contributed by atoms with van der Waals surface area (Å²) < 4.78 is 0. The number of nitrogens with one attached hydrogen (secondary N) is 1. The first kappa shape index (κ1) is 12.9. The monoisotopic (exact) mass is 230 g/mol. The largest absolute Gasteiger partial charge is 0.343 e. The summed E-state index contributed by atoms with van der Waals surface area (Å²) >= 11 is 0. The molecule has 0 saturated carbocycles. The van der Waals surface area contributed by atoms with Crippen LogP contribution in [0.25, 0.3) is 0 Å². The van der Waals surface area contributed by atoms with E-state index in [1.54, 1.807) is 38.1 Å². The maximum absolute atomic E-state index is 11.7. The first-order valence-electron chi connectivity index (χ1n) is 5.42. The molecule has 4 heteroatoms. The summed E-state index contributed by atoms with van der Waals surface area (Å²) in [5.41, 5.74) is 0.944. The number of nitriles is 1. The molecule has 1 aromatic rings. The van der Waals surface area contributed by atoms with Gasteiger partial charge in [0.1, 0.15) is 0 Å². The molecule has 0 aliphatic heterocycles. The molecule has 0 fully saturated rings. The molecule has 4 nitrogen and oxygen atoms in total. The molecule has 0 heterocycles. The Morgan fingerprint density at radius 2 is 1.94 bits per heavy atom. The van der Waals surface area contributed by atoms with E-state index < -0.39 is 6.04 Å². The van der Waals surface area contributed by atoms with Crippen molar-refractivity contribution in [2.45, 2.75) is 26.3 Å². The fourth-order valence-corrected chi connectivity index (χ4v) is 1.36. The van der Waals surface area contributed by atoms with Crippen molar-refractivity contribution in [3.63, 3.8) is 0 Å². The van der Waals surface area contributed by atoms with Crippen molar-refractivity contribution in [1.82, 2.24) is 5.32 Å². The molecule has 1 atom stereocenters. The van der Waals surface area contributed by atoms with E-state index in [0.29, 0.717) is 17.5 Å². The second-order valence-corrected chi connectivity index (χ2v) is 3.70. The fraction of sp³-hybridized carbons (Fsp3) is 0.308. The molecule has 0 aromatic heterocycles. The first-order valence-corrected chi connectivity index (χ1v) is 5.42. The zero-order valence-corrected chi connectivity index (χ0v) is 9.86. The lowest BCUT2D eigenvalue weighted by molar-refractivity contribution is -0.120. The van der Waals surface area contributed by atoms with Crippen LogP contribution in [0.5, 0.6) is 0 Å². The summed E-state index contributed by atoms with van der Waals surface area (Å²) in [6, 6.07) is 7.77. The molecule has 1 N–H and O–H groups in total. The second-order valence-electron chi connectivity index (χ2n) is 3.70. The van der Waals surface area contributed by atoms with E-state index in [-0.39, 0.29) is 11.7 Å². The molecule has 88 valence electrons. The Balaban J connectivity index is 2.70. The van der Waals surface area contributed by atoms with Crippen molar-refractivity contribution in [3.05, 3.63) is 35.4 Å². The summed E-state index contributed by atoms with van der Waals surface area (Å²) in [7, 11) is 0. The van der Waals surface area contributed by atoms with Crippen LogP contribution in [-0.4, -0.2) is 17.7 Å². The van der Waals surface area contributed by atoms with E-state index in [9.17, 15) is 9.59 Å². The van der Waals surface area contributed by atoms with Gasteiger partial charge in [-0.15, -0.1) is 0 Å². The highest BCUT2D eigenvalue weighted by atomic mass is 16.2. The maximum atomic E-state index is 11.7. The predicted octanol–water partition coefficient (Wildman–Crippen LogP) is 1.66. The Morgan fingerprint density at radius 1 is 1.35 bits per heavy atom. The van der Waals surface area contributed by atoms with Crippen LogP contribution in [-0.2, 0) is 4.79 Å². The molecule has 17 heavy (non-hydrogen) atoms. The van der Waals surface area contributed by atoms with E-state index in [4.69, 9.17) is 5.26 Å². The van der Waals surface area contributed by atoms with Crippen LogP contribution < -0.4 is 5.32 Å². The van der Waals surface area contributed by atoms with Crippen molar-refractivity contribution in [2.24, 2.45) is 0 Å². The van der Waals surface area contributed by atoms with Gasteiger partial charge in [0.25, 0.3) is 5.91 Å². The number of nitrogens with zero attached hydrogens (tertiary/aromatic N) is 1. The van der Waals surface area contributed by atoms with E-state index in [1.807, 2.05) is 6.07 Å². The highest BCUT2D eigenvalue weighted by Crippen LogP contribution is 2.04. The van der Waals surface area contributed by atoms with Crippen LogP contribution in [0.3, 0.4) is 0 Å². The molecule has 0 radical (unpaired) electrons. The Kier molecular flexibility index (Phi) is 4.41. The van der Waals surface area contributed by atoms with E-state index >= 15 is 0 Å². The number of hydrogen-bond donors (Lipinski definition) is 1. The molecule has 0 aliphatic rings. The van der Waals surface area contributed by atoms with E-state index in [0.717, 1.165) is 0 Å². The van der Waals surface area contributed by atoms with Gasteiger partial charge in [-0.05, 0) is 31.2 Å². The lowest BCUT2D eigenvalue weighted by atomic mass is 10.1. The van der Waals surface area contributed by atoms with Gasteiger partial charge >= 0.3 is 0 Å². The van der Waals surface area contributed by atoms with Gasteiger partial charge in [-0.1, -0.05) is 6.92 Å². The third-order valence-electron chi connectivity index (χ3n) is 2.46. The number of carbonyl (C=O) groups is 2. The smallest absolute Gasteiger partial charge is 0.251 e. The van der Waals surface area contributed by atoms with Crippen molar-refractivity contribution >= 4 is 11.7 Å². The number of ketones is 1. The topological polar surface area (TPSA) is 70.0 Å². The minimum absolute atomic E-state index is 0.00741. The lowest BCUT2D eigenvalue weighted by Crippen LogP contribution is -2.38. The summed E-state index contributed by atoms with van der Waals surface area (Å²) in [4.78, 5) is 23.1. The molecule has 1 aromatic carbocycles. The highest BCUT2D eigenvalue weighted by Gasteiger charge is 2.14. The maximum Gasteiger partial charge on any atom is 0.251 e. The van der Waals surface area contributed by atoms with Crippen LogP contribution >= 0.6 is 0 Å². The van der Waals surface area contributed by atoms with Crippen molar-refractivity contribution in [3.8, 4) is 6.07 Å². The average molecular weight is 230 g/mol. The summed E-state index contributed by atoms with van der Waals surface area (Å²) in [5.74, 6) is -0.309. The molecule has 0 spiro atoms. The predicted molar refractivity (Wildman–Crippen MR) is 63.4 cm³/mol. The molecule has 1 unspecified atom stereocenters. The van der Waals surface area contributed by atoms with Crippen LogP contribution in [0.15, 0.2) is 24.3 Å². The average Bonchev–Trinajstić information content (AvgIpc) is 2.37. The number of amides is 1. The van der Waals surface area contributed by atoms with Gasteiger partial charge in [0.15, 0.2) is 5.78 Å². The summed E-state index contributed by atoms with van der Waals surface area (Å²) in [6.07, 6.45) is 0.398. The van der Waals surface area contributed by atoms with Gasteiger partial charge in [-0.25, -0.2) is 0 Å². The number of benzene rings is 1. The van der Waals surface area contributed by atoms with Crippen LogP contribution in [0.1, 0.15) is 36.2 Å². The number of hydrogen-bond acceptors (Lipinski definition) is 3. The third kappa shape index (κ3) is 3.42. The minimum Gasteiger partial charge on any atom is -0.343 e. The van der Waals surface area contributed by atoms with Crippen LogP contribution in [0.4, 0.5) is 0 Å². The number of Topliss-reactive ketones (excluding diaryl/α,β-unsaturated/α-hetero) is 1. The quantitative estimate of drug-likeness (QED) is 0.855.